The quantitative estimate of drug-likeness (QED) is 0.208. The van der Waals surface area contributed by atoms with E-state index >= 15 is 0 Å². The van der Waals surface area contributed by atoms with E-state index in [0.717, 1.165) is 34.0 Å². The minimum absolute atomic E-state index is 0.784. The van der Waals surface area contributed by atoms with Gasteiger partial charge in [0.1, 0.15) is 6.33 Å². The lowest BCUT2D eigenvalue weighted by Crippen LogP contribution is -1.99. The monoisotopic (exact) mass is 544 g/mol. The zero-order valence-corrected chi connectivity index (χ0v) is 24.3. The van der Waals surface area contributed by atoms with Crippen molar-refractivity contribution in [2.24, 2.45) is 0 Å². The molecule has 0 aliphatic rings. The van der Waals surface area contributed by atoms with Gasteiger partial charge in [0.05, 0.1) is 0 Å². The van der Waals surface area contributed by atoms with Gasteiger partial charge in [-0.05, 0) is 83.1 Å². The van der Waals surface area contributed by atoms with Crippen LogP contribution in [-0.2, 0) is 0 Å². The van der Waals surface area contributed by atoms with Gasteiger partial charge in [0.2, 0.25) is 0 Å². The highest BCUT2D eigenvalue weighted by Crippen LogP contribution is 2.43. The molecule has 0 amide bonds. The smallest absolute Gasteiger partial charge is 0.159 e. The van der Waals surface area contributed by atoms with Gasteiger partial charge in [0.25, 0.3) is 0 Å². The first kappa shape index (κ1) is 27.0. The van der Waals surface area contributed by atoms with E-state index in [9.17, 15) is 0 Å². The van der Waals surface area contributed by atoms with Crippen molar-refractivity contribution < 1.29 is 0 Å². The van der Waals surface area contributed by atoms with Gasteiger partial charge < -0.3 is 0 Å². The van der Waals surface area contributed by atoms with Crippen LogP contribution in [0.4, 0.5) is 0 Å². The standard InChI is InChI=1S/C33H26N2.C5H6N2/c1-21-22(2)34-33(35-23(21)3)26-19-17-25(18-20-26)32-29-15-9-7-13-27(29)31(24-11-5-4-6-12-24)28-14-8-10-16-30(28)32;1-5-2-3-6-4-7-5/h4-20H,1-3H3;2-4H,1H3. The molecule has 0 unspecified atom stereocenters. The van der Waals surface area contributed by atoms with Crippen molar-refractivity contribution in [3.05, 3.63) is 144 Å². The molecule has 2 aromatic heterocycles. The SMILES string of the molecule is Cc1ccncn1.Cc1nc(-c2ccc(-c3c4ccccc4c(-c4ccccc4)c4ccccc34)cc2)nc(C)c1C. The van der Waals surface area contributed by atoms with Crippen LogP contribution in [0.3, 0.4) is 0 Å². The fraction of sp³-hybridized carbons (Fsp3) is 0.105. The molecule has 7 rings (SSSR count). The van der Waals surface area contributed by atoms with E-state index in [1.54, 1.807) is 6.20 Å². The topological polar surface area (TPSA) is 51.6 Å². The van der Waals surface area contributed by atoms with Crippen LogP contribution in [-0.4, -0.2) is 19.9 Å². The Morgan fingerprint density at radius 1 is 0.452 bits per heavy atom. The fourth-order valence-corrected chi connectivity index (χ4v) is 5.40. The first-order chi connectivity index (χ1) is 20.5. The fourth-order valence-electron chi connectivity index (χ4n) is 5.40. The van der Waals surface area contributed by atoms with Gasteiger partial charge in [-0.15, -0.1) is 0 Å². The molecule has 5 aromatic carbocycles. The largest absolute Gasteiger partial charge is 0.245 e. The van der Waals surface area contributed by atoms with Gasteiger partial charge in [-0.1, -0.05) is 103 Å². The third-order valence-corrected chi connectivity index (χ3v) is 7.79. The summed E-state index contributed by atoms with van der Waals surface area (Å²) in [7, 11) is 0. The molecule has 0 bridgehead atoms. The summed E-state index contributed by atoms with van der Waals surface area (Å²) in [6.45, 7) is 8.11. The summed E-state index contributed by atoms with van der Waals surface area (Å²) in [4.78, 5) is 17.1. The highest BCUT2D eigenvalue weighted by atomic mass is 14.9. The molecule has 0 fully saturated rings. The van der Waals surface area contributed by atoms with Gasteiger partial charge in [0, 0.05) is 28.8 Å². The summed E-state index contributed by atoms with van der Waals surface area (Å²) in [5, 5.41) is 5.06. The normalized spacial score (nSPS) is 10.9. The van der Waals surface area contributed by atoms with Gasteiger partial charge >= 0.3 is 0 Å². The number of nitrogens with zero attached hydrogens (tertiary/aromatic N) is 4. The number of rotatable bonds is 3. The molecule has 0 atom stereocenters. The van der Waals surface area contributed by atoms with E-state index in [1.807, 2.05) is 13.0 Å². The van der Waals surface area contributed by atoms with E-state index in [4.69, 9.17) is 9.97 Å². The third-order valence-electron chi connectivity index (χ3n) is 7.79. The Bertz CT molecular complexity index is 1920. The molecule has 0 N–H and O–H groups in total. The highest BCUT2D eigenvalue weighted by Gasteiger charge is 2.16. The molecule has 0 saturated carbocycles. The zero-order chi connectivity index (χ0) is 29.1. The number of aromatic nitrogens is 4. The van der Waals surface area contributed by atoms with Gasteiger partial charge in [-0.3, -0.25) is 0 Å². The Balaban J connectivity index is 0.000000397. The lowest BCUT2D eigenvalue weighted by atomic mass is 9.86. The van der Waals surface area contributed by atoms with Gasteiger partial charge in [0.15, 0.2) is 5.82 Å². The predicted molar refractivity (Wildman–Crippen MR) is 174 cm³/mol. The van der Waals surface area contributed by atoms with Crippen LogP contribution >= 0.6 is 0 Å². The molecule has 2 heterocycles. The molecular weight excluding hydrogens is 512 g/mol. The Morgan fingerprint density at radius 2 is 0.905 bits per heavy atom. The molecule has 204 valence electrons. The van der Waals surface area contributed by atoms with Crippen molar-refractivity contribution in [3.8, 4) is 33.6 Å². The first-order valence-corrected chi connectivity index (χ1v) is 14.2. The van der Waals surface area contributed by atoms with E-state index in [0.29, 0.717) is 0 Å². The summed E-state index contributed by atoms with van der Waals surface area (Å²) in [5.74, 6) is 0.784. The lowest BCUT2D eigenvalue weighted by molar-refractivity contribution is 1.02. The molecule has 4 nitrogen and oxygen atoms in total. The van der Waals surface area contributed by atoms with Crippen molar-refractivity contribution in [2.45, 2.75) is 27.7 Å². The number of aryl methyl sites for hydroxylation is 3. The molecule has 0 radical (unpaired) electrons. The molecule has 0 aliphatic heterocycles. The molecule has 42 heavy (non-hydrogen) atoms. The van der Waals surface area contributed by atoms with Crippen molar-refractivity contribution >= 4 is 21.5 Å². The van der Waals surface area contributed by atoms with Crippen LogP contribution in [0.1, 0.15) is 22.6 Å². The summed E-state index contributed by atoms with van der Waals surface area (Å²) >= 11 is 0. The molecule has 4 heteroatoms. The summed E-state index contributed by atoms with van der Waals surface area (Å²) in [6, 6.07) is 38.8. The maximum Gasteiger partial charge on any atom is 0.159 e. The van der Waals surface area contributed by atoms with Gasteiger partial charge in [-0.25, -0.2) is 19.9 Å². The average Bonchev–Trinajstić information content (AvgIpc) is 3.03. The van der Waals surface area contributed by atoms with Crippen molar-refractivity contribution in [2.75, 3.05) is 0 Å². The minimum atomic E-state index is 0.784. The molecule has 0 aliphatic carbocycles. The van der Waals surface area contributed by atoms with Crippen LogP contribution in [0, 0.1) is 27.7 Å². The van der Waals surface area contributed by atoms with Crippen molar-refractivity contribution in [3.63, 3.8) is 0 Å². The number of hydrogen-bond donors (Lipinski definition) is 0. The molecular formula is C38H32N4. The maximum atomic E-state index is 4.74. The number of fused-ring (bicyclic) bond motifs is 2. The third kappa shape index (κ3) is 5.27. The van der Waals surface area contributed by atoms with Crippen LogP contribution < -0.4 is 0 Å². The van der Waals surface area contributed by atoms with Crippen molar-refractivity contribution in [1.29, 1.82) is 0 Å². The second-order valence-corrected chi connectivity index (χ2v) is 10.5. The van der Waals surface area contributed by atoms with Crippen LogP contribution in [0.5, 0.6) is 0 Å². The Kier molecular flexibility index (Phi) is 7.52. The minimum Gasteiger partial charge on any atom is -0.245 e. The van der Waals surface area contributed by atoms with E-state index in [2.05, 4.69) is 134 Å². The summed E-state index contributed by atoms with van der Waals surface area (Å²) in [5.41, 5.74) is 10.3. The molecule has 7 aromatic rings. The Labute approximate surface area is 246 Å². The first-order valence-electron chi connectivity index (χ1n) is 14.2. The number of hydrogen-bond acceptors (Lipinski definition) is 4. The van der Waals surface area contributed by atoms with E-state index < -0.39 is 0 Å². The molecule has 0 spiro atoms. The van der Waals surface area contributed by atoms with E-state index in [-0.39, 0.29) is 0 Å². The van der Waals surface area contributed by atoms with Crippen LogP contribution in [0.15, 0.2) is 122 Å². The molecule has 0 saturated heterocycles. The summed E-state index contributed by atoms with van der Waals surface area (Å²) < 4.78 is 0. The van der Waals surface area contributed by atoms with Crippen LogP contribution in [0.25, 0.3) is 55.2 Å². The second kappa shape index (κ2) is 11.7. The predicted octanol–water partition coefficient (Wildman–Crippen LogP) is 9.49. The van der Waals surface area contributed by atoms with E-state index in [1.165, 1.54) is 50.1 Å². The Hall–Kier alpha value is -5.22. The second-order valence-electron chi connectivity index (χ2n) is 10.5. The van der Waals surface area contributed by atoms with Crippen molar-refractivity contribution in [1.82, 2.24) is 19.9 Å². The van der Waals surface area contributed by atoms with Gasteiger partial charge in [-0.2, -0.15) is 0 Å². The highest BCUT2D eigenvalue weighted by molar-refractivity contribution is 6.21. The average molecular weight is 545 g/mol. The van der Waals surface area contributed by atoms with Crippen LogP contribution in [0.2, 0.25) is 0 Å². The summed E-state index contributed by atoms with van der Waals surface area (Å²) in [6.07, 6.45) is 3.26. The maximum absolute atomic E-state index is 4.74. The number of benzene rings is 5. The zero-order valence-electron chi connectivity index (χ0n) is 24.3. The lowest BCUT2D eigenvalue weighted by Gasteiger charge is -2.18. The Morgan fingerprint density at radius 3 is 1.33 bits per heavy atom.